The predicted octanol–water partition coefficient (Wildman–Crippen LogP) is 4.13. The fourth-order valence-corrected chi connectivity index (χ4v) is 4.08. The van der Waals surface area contributed by atoms with Gasteiger partial charge in [-0.05, 0) is 43.9 Å². The number of thiazole rings is 1. The normalized spacial score (nSPS) is 17.8. The number of anilines is 1. The van der Waals surface area contributed by atoms with Gasteiger partial charge in [0.2, 0.25) is 5.91 Å². The number of amides is 1. The molecule has 1 unspecified atom stereocenters. The number of nitrogens with zero attached hydrogens (tertiary/aromatic N) is 3. The van der Waals surface area contributed by atoms with Crippen molar-refractivity contribution < 1.29 is 9.53 Å². The summed E-state index contributed by atoms with van der Waals surface area (Å²) in [5, 5.41) is 8.14. The van der Waals surface area contributed by atoms with Gasteiger partial charge in [0.1, 0.15) is 6.23 Å². The molecule has 0 saturated carbocycles. The van der Waals surface area contributed by atoms with E-state index in [4.69, 9.17) is 9.84 Å². The lowest BCUT2D eigenvalue weighted by atomic mass is 10.1. The van der Waals surface area contributed by atoms with Crippen LogP contribution in [0.15, 0.2) is 24.4 Å². The minimum Gasteiger partial charge on any atom is -0.357 e. The SMILES string of the molecule is CC(=O)Nc1nc2ccc(-c3nn(C4CCCCO4)cc3C)cc2s1. The highest BCUT2D eigenvalue weighted by Gasteiger charge is 2.19. The molecule has 1 aliphatic heterocycles. The summed E-state index contributed by atoms with van der Waals surface area (Å²) in [5.74, 6) is -0.110. The van der Waals surface area contributed by atoms with Crippen LogP contribution in [-0.2, 0) is 9.53 Å². The van der Waals surface area contributed by atoms with Gasteiger partial charge in [0.05, 0.1) is 15.9 Å². The van der Waals surface area contributed by atoms with E-state index < -0.39 is 0 Å². The molecule has 1 aromatic carbocycles. The van der Waals surface area contributed by atoms with Gasteiger partial charge >= 0.3 is 0 Å². The summed E-state index contributed by atoms with van der Waals surface area (Å²) in [6.07, 6.45) is 5.42. The number of rotatable bonds is 3. The van der Waals surface area contributed by atoms with E-state index in [9.17, 15) is 4.79 Å². The average molecular weight is 356 g/mol. The lowest BCUT2D eigenvalue weighted by molar-refractivity contribution is -0.114. The number of benzene rings is 1. The Morgan fingerprint density at radius 3 is 3.04 bits per heavy atom. The van der Waals surface area contributed by atoms with Crippen molar-refractivity contribution in [2.24, 2.45) is 0 Å². The van der Waals surface area contributed by atoms with Crippen LogP contribution in [0, 0.1) is 6.92 Å². The van der Waals surface area contributed by atoms with Crippen molar-refractivity contribution in [3.8, 4) is 11.3 Å². The molecule has 1 amide bonds. The summed E-state index contributed by atoms with van der Waals surface area (Å²) in [6.45, 7) is 4.36. The molecule has 6 nitrogen and oxygen atoms in total. The van der Waals surface area contributed by atoms with E-state index in [1.54, 1.807) is 0 Å². The number of hydrogen-bond acceptors (Lipinski definition) is 5. The van der Waals surface area contributed by atoms with Crippen LogP contribution in [0.3, 0.4) is 0 Å². The third kappa shape index (κ3) is 3.29. The predicted molar refractivity (Wildman–Crippen MR) is 98.7 cm³/mol. The lowest BCUT2D eigenvalue weighted by Gasteiger charge is -2.22. The van der Waals surface area contributed by atoms with Crippen LogP contribution in [0.25, 0.3) is 21.5 Å². The maximum absolute atomic E-state index is 11.2. The van der Waals surface area contributed by atoms with Gasteiger partial charge in [-0.25, -0.2) is 9.67 Å². The second-order valence-electron chi connectivity index (χ2n) is 6.34. The largest absolute Gasteiger partial charge is 0.357 e. The van der Waals surface area contributed by atoms with Crippen LogP contribution < -0.4 is 5.32 Å². The summed E-state index contributed by atoms with van der Waals surface area (Å²) in [6, 6.07) is 6.09. The summed E-state index contributed by atoms with van der Waals surface area (Å²) < 4.78 is 8.81. The molecule has 25 heavy (non-hydrogen) atoms. The number of carbonyl (C=O) groups is 1. The maximum atomic E-state index is 11.2. The Morgan fingerprint density at radius 1 is 1.40 bits per heavy atom. The first-order valence-corrected chi connectivity index (χ1v) is 9.28. The lowest BCUT2D eigenvalue weighted by Crippen LogP contribution is -2.18. The van der Waals surface area contributed by atoms with Gasteiger partial charge in [-0.2, -0.15) is 5.10 Å². The van der Waals surface area contributed by atoms with E-state index in [1.165, 1.54) is 24.7 Å². The second kappa shape index (κ2) is 6.57. The zero-order valence-corrected chi connectivity index (χ0v) is 15.1. The molecule has 2 aromatic heterocycles. The number of nitrogens with one attached hydrogen (secondary N) is 1. The van der Waals surface area contributed by atoms with Gasteiger partial charge in [-0.3, -0.25) is 4.79 Å². The van der Waals surface area contributed by atoms with Gasteiger partial charge in [-0.1, -0.05) is 17.4 Å². The van der Waals surface area contributed by atoms with Crippen LogP contribution in [0.5, 0.6) is 0 Å². The quantitative estimate of drug-likeness (QED) is 0.766. The molecular weight excluding hydrogens is 336 g/mol. The molecule has 1 atom stereocenters. The Bertz CT molecular complexity index is 924. The van der Waals surface area contributed by atoms with Gasteiger partial charge in [-0.15, -0.1) is 0 Å². The smallest absolute Gasteiger partial charge is 0.223 e. The van der Waals surface area contributed by atoms with Crippen LogP contribution in [0.2, 0.25) is 0 Å². The third-order valence-corrected chi connectivity index (χ3v) is 5.24. The fourth-order valence-electron chi connectivity index (χ4n) is 3.12. The topological polar surface area (TPSA) is 69.0 Å². The fraction of sp³-hybridized carbons (Fsp3) is 0.389. The number of fused-ring (bicyclic) bond motifs is 1. The maximum Gasteiger partial charge on any atom is 0.223 e. The van der Waals surface area contributed by atoms with Gasteiger partial charge in [0, 0.05) is 25.3 Å². The number of aromatic nitrogens is 3. The highest BCUT2D eigenvalue weighted by molar-refractivity contribution is 7.22. The zero-order valence-electron chi connectivity index (χ0n) is 14.3. The van der Waals surface area contributed by atoms with Crippen molar-refractivity contribution in [2.45, 2.75) is 39.3 Å². The Kier molecular flexibility index (Phi) is 4.27. The van der Waals surface area contributed by atoms with Crippen LogP contribution >= 0.6 is 11.3 Å². The van der Waals surface area contributed by atoms with E-state index >= 15 is 0 Å². The first kappa shape index (κ1) is 16.2. The van der Waals surface area contributed by atoms with Crippen LogP contribution in [0.4, 0.5) is 5.13 Å². The van der Waals surface area contributed by atoms with E-state index in [0.29, 0.717) is 5.13 Å². The van der Waals surface area contributed by atoms with Crippen molar-refractivity contribution in [1.82, 2.24) is 14.8 Å². The molecule has 1 fully saturated rings. The van der Waals surface area contributed by atoms with Crippen molar-refractivity contribution in [1.29, 1.82) is 0 Å². The summed E-state index contributed by atoms with van der Waals surface area (Å²) in [5.41, 5.74) is 4.02. The molecule has 0 bridgehead atoms. The summed E-state index contributed by atoms with van der Waals surface area (Å²) in [4.78, 5) is 15.6. The molecule has 3 aromatic rings. The molecular formula is C18H20N4O2S. The number of aryl methyl sites for hydroxylation is 1. The van der Waals surface area contributed by atoms with Crippen LogP contribution in [-0.4, -0.2) is 27.3 Å². The average Bonchev–Trinajstić information content (AvgIpc) is 3.17. The number of ether oxygens (including phenoxy) is 1. The van der Waals surface area contributed by atoms with Crippen LogP contribution in [0.1, 0.15) is 38.0 Å². The van der Waals surface area contributed by atoms with E-state index in [1.807, 2.05) is 16.8 Å². The first-order valence-electron chi connectivity index (χ1n) is 8.46. The molecule has 0 radical (unpaired) electrons. The monoisotopic (exact) mass is 356 g/mol. The van der Waals surface area contributed by atoms with Gasteiger partial charge < -0.3 is 10.1 Å². The Balaban J connectivity index is 1.66. The van der Waals surface area contributed by atoms with E-state index in [2.05, 4.69) is 29.5 Å². The highest BCUT2D eigenvalue weighted by atomic mass is 32.1. The van der Waals surface area contributed by atoms with Crippen molar-refractivity contribution in [3.05, 3.63) is 30.0 Å². The van der Waals surface area contributed by atoms with Crippen molar-refractivity contribution >= 4 is 32.6 Å². The minimum absolute atomic E-state index is 0.0414. The molecule has 3 heterocycles. The molecule has 130 valence electrons. The van der Waals surface area contributed by atoms with Crippen molar-refractivity contribution in [2.75, 3.05) is 11.9 Å². The molecule has 0 spiro atoms. The zero-order chi connectivity index (χ0) is 17.4. The Hall–Kier alpha value is -2.25. The minimum atomic E-state index is -0.110. The van der Waals surface area contributed by atoms with Gasteiger partial charge in [0.15, 0.2) is 5.13 Å². The van der Waals surface area contributed by atoms with E-state index in [-0.39, 0.29) is 12.1 Å². The molecule has 0 aliphatic carbocycles. The summed E-state index contributed by atoms with van der Waals surface area (Å²) >= 11 is 1.47. The molecule has 4 rings (SSSR count). The number of hydrogen-bond donors (Lipinski definition) is 1. The molecule has 1 N–H and O–H groups in total. The Labute approximate surface area is 149 Å². The number of carbonyl (C=O) groups excluding carboxylic acids is 1. The van der Waals surface area contributed by atoms with Crippen molar-refractivity contribution in [3.63, 3.8) is 0 Å². The summed E-state index contributed by atoms with van der Waals surface area (Å²) in [7, 11) is 0. The third-order valence-electron chi connectivity index (χ3n) is 4.31. The molecule has 1 aliphatic rings. The standard InChI is InChI=1S/C18H20N4O2S/c1-11-10-22(16-5-3-4-8-24-16)21-17(11)13-6-7-14-15(9-13)25-18(20-14)19-12(2)23/h6-7,9-10,16H,3-5,8H2,1-2H3,(H,19,20,23). The highest BCUT2D eigenvalue weighted by Crippen LogP contribution is 2.32. The Morgan fingerprint density at radius 2 is 2.28 bits per heavy atom. The second-order valence-corrected chi connectivity index (χ2v) is 7.38. The molecule has 7 heteroatoms. The molecule has 1 saturated heterocycles. The van der Waals surface area contributed by atoms with E-state index in [0.717, 1.165) is 46.5 Å². The van der Waals surface area contributed by atoms with Gasteiger partial charge in [0.25, 0.3) is 0 Å². The first-order chi connectivity index (χ1) is 12.1.